The van der Waals surface area contributed by atoms with Gasteiger partial charge in [0.2, 0.25) is 0 Å². The summed E-state index contributed by atoms with van der Waals surface area (Å²) in [7, 11) is 1.55. The summed E-state index contributed by atoms with van der Waals surface area (Å²) in [5.74, 6) is -0.684. The molecular weight excluding hydrogens is 400 g/mol. The summed E-state index contributed by atoms with van der Waals surface area (Å²) in [5.41, 5.74) is 2.00. The molecule has 3 aromatic rings. The van der Waals surface area contributed by atoms with Crippen molar-refractivity contribution in [2.75, 3.05) is 26.8 Å². The number of carbonyl (C=O) groups excluding carboxylic acids is 3. The van der Waals surface area contributed by atoms with E-state index >= 15 is 0 Å². The molecule has 0 saturated carbocycles. The number of nitrogens with zero attached hydrogens (tertiary/aromatic N) is 3. The molecule has 0 unspecified atom stereocenters. The predicted molar refractivity (Wildman–Crippen MR) is 111 cm³/mol. The summed E-state index contributed by atoms with van der Waals surface area (Å²) in [4.78, 5) is 37.7. The molecule has 1 N–H and O–H groups in total. The fourth-order valence-electron chi connectivity index (χ4n) is 3.21. The van der Waals surface area contributed by atoms with E-state index in [-0.39, 0.29) is 12.1 Å². The van der Waals surface area contributed by atoms with Gasteiger partial charge in [-0.15, -0.1) is 0 Å². The normalized spacial score (nSPS) is 13.1. The summed E-state index contributed by atoms with van der Waals surface area (Å²) in [6.07, 6.45) is 1.56. The molecule has 4 rings (SSSR count). The van der Waals surface area contributed by atoms with E-state index in [1.54, 1.807) is 42.3 Å². The van der Waals surface area contributed by atoms with Crippen LogP contribution in [-0.2, 0) is 9.53 Å². The number of benzene rings is 2. The number of carbonyl (C=O) groups is 3. The van der Waals surface area contributed by atoms with Gasteiger partial charge in [0.05, 0.1) is 12.8 Å². The van der Waals surface area contributed by atoms with Crippen LogP contribution in [0.4, 0.5) is 4.79 Å². The highest BCUT2D eigenvalue weighted by Gasteiger charge is 2.28. The second-order valence-electron chi connectivity index (χ2n) is 6.76. The van der Waals surface area contributed by atoms with Crippen LogP contribution < -0.4 is 10.1 Å². The number of ether oxygens (including phenoxy) is 2. The summed E-state index contributed by atoms with van der Waals surface area (Å²) in [6.45, 7) is 0.0822. The van der Waals surface area contributed by atoms with Gasteiger partial charge in [-0.2, -0.15) is 5.10 Å². The number of esters is 1. The largest absolute Gasteiger partial charge is 0.497 e. The van der Waals surface area contributed by atoms with E-state index in [1.807, 2.05) is 30.3 Å². The topological polar surface area (TPSA) is 103 Å². The van der Waals surface area contributed by atoms with E-state index < -0.39 is 24.5 Å². The lowest BCUT2D eigenvalue weighted by atomic mass is 10.1. The number of hydrogen-bond acceptors (Lipinski definition) is 6. The van der Waals surface area contributed by atoms with Crippen LogP contribution in [0.15, 0.2) is 60.8 Å². The van der Waals surface area contributed by atoms with E-state index in [0.717, 1.165) is 10.6 Å². The summed E-state index contributed by atoms with van der Waals surface area (Å²) >= 11 is 0. The number of amides is 3. The highest BCUT2D eigenvalue weighted by molar-refractivity contribution is 6.00. The van der Waals surface area contributed by atoms with Gasteiger partial charge in [-0.05, 0) is 24.3 Å². The molecule has 2 aromatic carbocycles. The van der Waals surface area contributed by atoms with Crippen molar-refractivity contribution in [2.45, 2.75) is 0 Å². The van der Waals surface area contributed by atoms with Crippen LogP contribution in [0.25, 0.3) is 16.9 Å². The molecule has 0 spiro atoms. The van der Waals surface area contributed by atoms with Crippen molar-refractivity contribution in [3.63, 3.8) is 0 Å². The van der Waals surface area contributed by atoms with Crippen molar-refractivity contribution >= 4 is 17.9 Å². The van der Waals surface area contributed by atoms with Gasteiger partial charge in [-0.3, -0.25) is 9.69 Å². The van der Waals surface area contributed by atoms with Gasteiger partial charge in [0.25, 0.3) is 5.91 Å². The van der Waals surface area contributed by atoms with E-state index in [4.69, 9.17) is 9.47 Å². The zero-order valence-electron chi connectivity index (χ0n) is 16.8. The zero-order chi connectivity index (χ0) is 21.8. The Bertz CT molecular complexity index is 1130. The summed E-state index contributed by atoms with van der Waals surface area (Å²) in [5, 5.41) is 7.10. The van der Waals surface area contributed by atoms with Crippen molar-refractivity contribution in [1.82, 2.24) is 20.0 Å². The first-order chi connectivity index (χ1) is 15.1. The number of imide groups is 1. The van der Waals surface area contributed by atoms with E-state index in [9.17, 15) is 14.4 Å². The van der Waals surface area contributed by atoms with Gasteiger partial charge in [-0.25, -0.2) is 14.3 Å². The Morgan fingerprint density at radius 1 is 1.13 bits per heavy atom. The van der Waals surface area contributed by atoms with Crippen LogP contribution in [0.1, 0.15) is 10.4 Å². The molecule has 3 amide bonds. The zero-order valence-corrected chi connectivity index (χ0v) is 16.8. The highest BCUT2D eigenvalue weighted by atomic mass is 16.5. The maximum Gasteiger partial charge on any atom is 0.342 e. The molecule has 1 saturated heterocycles. The SMILES string of the molecule is COc1cccc(-c2nn(-c3ccccc3)cc2C(=O)OCC(=O)N2CCNC2=O)c1. The molecule has 9 nitrogen and oxygen atoms in total. The van der Waals surface area contributed by atoms with Crippen LogP contribution in [0.3, 0.4) is 0 Å². The number of hydrogen-bond donors (Lipinski definition) is 1. The summed E-state index contributed by atoms with van der Waals surface area (Å²) < 4.78 is 12.1. The second kappa shape index (κ2) is 8.70. The Hall–Kier alpha value is -4.14. The monoisotopic (exact) mass is 420 g/mol. The number of aromatic nitrogens is 2. The van der Waals surface area contributed by atoms with Crippen LogP contribution in [-0.4, -0.2) is 59.4 Å². The maximum atomic E-state index is 12.9. The van der Waals surface area contributed by atoms with E-state index in [0.29, 0.717) is 23.6 Å². The summed E-state index contributed by atoms with van der Waals surface area (Å²) in [6, 6.07) is 16.0. The van der Waals surface area contributed by atoms with Crippen molar-refractivity contribution in [3.05, 3.63) is 66.4 Å². The third-order valence-corrected chi connectivity index (χ3v) is 4.78. The molecule has 1 aliphatic rings. The maximum absolute atomic E-state index is 12.9. The predicted octanol–water partition coefficient (Wildman–Crippen LogP) is 2.26. The molecule has 9 heteroatoms. The molecule has 1 aliphatic heterocycles. The third kappa shape index (κ3) is 4.25. The lowest BCUT2D eigenvalue weighted by molar-refractivity contribution is -0.130. The molecule has 1 fully saturated rings. The molecule has 1 aromatic heterocycles. The average molecular weight is 420 g/mol. The van der Waals surface area contributed by atoms with Crippen LogP contribution >= 0.6 is 0 Å². The van der Waals surface area contributed by atoms with Crippen LogP contribution in [0, 0.1) is 0 Å². The van der Waals surface area contributed by atoms with Crippen molar-refractivity contribution < 1.29 is 23.9 Å². The Balaban J connectivity index is 1.63. The molecule has 0 bridgehead atoms. The van der Waals surface area contributed by atoms with Gasteiger partial charge in [-0.1, -0.05) is 30.3 Å². The molecule has 158 valence electrons. The average Bonchev–Trinajstić information content (AvgIpc) is 3.44. The first-order valence-electron chi connectivity index (χ1n) is 9.61. The lowest BCUT2D eigenvalue weighted by Crippen LogP contribution is -2.37. The number of nitrogens with one attached hydrogen (secondary N) is 1. The second-order valence-corrected chi connectivity index (χ2v) is 6.76. The number of para-hydroxylation sites is 1. The van der Waals surface area contributed by atoms with Crippen LogP contribution in [0.5, 0.6) is 5.75 Å². The van der Waals surface area contributed by atoms with E-state index in [2.05, 4.69) is 10.4 Å². The highest BCUT2D eigenvalue weighted by Crippen LogP contribution is 2.27. The Labute approximate surface area is 178 Å². The van der Waals surface area contributed by atoms with Gasteiger partial charge in [0.1, 0.15) is 17.0 Å². The van der Waals surface area contributed by atoms with Gasteiger partial charge in [0, 0.05) is 24.8 Å². The minimum Gasteiger partial charge on any atom is -0.497 e. The van der Waals surface area contributed by atoms with Gasteiger partial charge < -0.3 is 14.8 Å². The molecule has 2 heterocycles. The number of urea groups is 1. The van der Waals surface area contributed by atoms with Crippen molar-refractivity contribution in [2.24, 2.45) is 0 Å². The number of rotatable bonds is 6. The Morgan fingerprint density at radius 2 is 1.94 bits per heavy atom. The Kier molecular flexibility index (Phi) is 5.65. The third-order valence-electron chi connectivity index (χ3n) is 4.78. The van der Waals surface area contributed by atoms with Crippen LogP contribution in [0.2, 0.25) is 0 Å². The van der Waals surface area contributed by atoms with Gasteiger partial charge >= 0.3 is 12.0 Å². The first-order valence-corrected chi connectivity index (χ1v) is 9.61. The lowest BCUT2D eigenvalue weighted by Gasteiger charge is -2.12. The quantitative estimate of drug-likeness (QED) is 0.614. The molecule has 0 radical (unpaired) electrons. The minimum atomic E-state index is -0.715. The standard InChI is InChI=1S/C22H20N4O5/c1-30-17-9-5-6-15(12-17)20-18(13-26(24-20)16-7-3-2-4-8-16)21(28)31-14-19(27)25-11-10-23-22(25)29/h2-9,12-13H,10-11,14H2,1H3,(H,23,29). The van der Waals surface area contributed by atoms with Crippen molar-refractivity contribution in [3.8, 4) is 22.7 Å². The first kappa shape index (κ1) is 20.1. The molecule has 0 atom stereocenters. The molecular formula is C22H20N4O5. The minimum absolute atomic E-state index is 0.191. The molecule has 0 aliphatic carbocycles. The van der Waals surface area contributed by atoms with Gasteiger partial charge in [0.15, 0.2) is 6.61 Å². The Morgan fingerprint density at radius 3 is 2.65 bits per heavy atom. The smallest absolute Gasteiger partial charge is 0.342 e. The molecule has 31 heavy (non-hydrogen) atoms. The number of methoxy groups -OCH3 is 1. The fraction of sp³-hybridized carbons (Fsp3) is 0.182. The van der Waals surface area contributed by atoms with Crippen molar-refractivity contribution in [1.29, 1.82) is 0 Å². The fourth-order valence-corrected chi connectivity index (χ4v) is 3.21. The van der Waals surface area contributed by atoms with E-state index in [1.165, 1.54) is 0 Å².